The summed E-state index contributed by atoms with van der Waals surface area (Å²) in [7, 11) is 0.613. The molecule has 24 heavy (non-hydrogen) atoms. The lowest BCUT2D eigenvalue weighted by molar-refractivity contribution is 0.0530. The normalized spacial score (nSPS) is 39.5. The van der Waals surface area contributed by atoms with E-state index in [0.717, 1.165) is 12.6 Å². The van der Waals surface area contributed by atoms with E-state index >= 15 is 0 Å². The van der Waals surface area contributed by atoms with Gasteiger partial charge in [-0.05, 0) is 93.9 Å². The van der Waals surface area contributed by atoms with E-state index in [9.17, 15) is 0 Å². The summed E-state index contributed by atoms with van der Waals surface area (Å²) >= 11 is 0. The Morgan fingerprint density at radius 2 is 0.792 bits per heavy atom. The lowest BCUT2D eigenvalue weighted by Crippen LogP contribution is -2.65. The molecule has 0 radical (unpaired) electrons. The maximum atomic E-state index is 3.00. The largest absolute Gasteiger partial charge is 0.325 e. The highest BCUT2D eigenvalue weighted by atomic mass is 32.2. The number of nitrogens with zero attached hydrogens (tertiary/aromatic N) is 2. The van der Waals surface area contributed by atoms with Crippen LogP contribution in [0.25, 0.3) is 0 Å². The fourth-order valence-corrected chi connectivity index (χ4v) is 17.1. The summed E-state index contributed by atoms with van der Waals surface area (Å²) in [5.74, 6) is 0. The SMILES string of the molecule is CC1(C)CCCC(C)(C)N1B1P2B(N3C(C)(C)CCCC3(C)C)P12. The molecule has 6 heteroatoms. The molecular formula is C18H36B2N2P2. The molecule has 134 valence electrons. The molecule has 0 aliphatic carbocycles. The van der Waals surface area contributed by atoms with E-state index in [1.807, 2.05) is 0 Å². The summed E-state index contributed by atoms with van der Waals surface area (Å²) in [6.07, 6.45) is 10.4. The van der Waals surface area contributed by atoms with Gasteiger partial charge < -0.3 is 9.62 Å². The van der Waals surface area contributed by atoms with E-state index in [4.69, 9.17) is 0 Å². The maximum absolute atomic E-state index is 3.00. The molecule has 0 amide bonds. The van der Waals surface area contributed by atoms with Gasteiger partial charge in [-0.15, -0.1) is 14.7 Å². The van der Waals surface area contributed by atoms with Gasteiger partial charge in [-0.1, -0.05) is 0 Å². The van der Waals surface area contributed by atoms with E-state index in [2.05, 4.69) is 65.0 Å². The predicted octanol–water partition coefficient (Wildman–Crippen LogP) is 5.95. The van der Waals surface area contributed by atoms with Crippen LogP contribution in [0.15, 0.2) is 0 Å². The Morgan fingerprint density at radius 3 is 1.04 bits per heavy atom. The van der Waals surface area contributed by atoms with Gasteiger partial charge in [0.25, 0.3) is 12.6 Å². The zero-order valence-corrected chi connectivity index (χ0v) is 19.0. The number of fused-ring (bicyclic) bond motifs is 1. The molecule has 4 fully saturated rings. The van der Waals surface area contributed by atoms with Crippen LogP contribution in [-0.2, 0) is 0 Å². The van der Waals surface area contributed by atoms with Gasteiger partial charge in [-0.25, -0.2) is 0 Å². The zero-order chi connectivity index (χ0) is 17.7. The number of hydrogen-bond acceptors (Lipinski definition) is 2. The standard InChI is InChI=1S/C18H36B2N2P2/c1-15(2)11-9-12-16(3,4)21(15)19-23-20(24(19)23)22-17(5,6)13-10-14-18(22,7)8/h9-14H2,1-8H3. The maximum Gasteiger partial charge on any atom is 0.275 e. The minimum absolute atomic E-state index is 0.307. The van der Waals surface area contributed by atoms with Crippen LogP contribution in [0, 0.1) is 0 Å². The second-order valence-electron chi connectivity index (χ2n) is 11.1. The fourth-order valence-electron chi connectivity index (χ4n) is 6.29. The van der Waals surface area contributed by atoms with Crippen LogP contribution in [0.4, 0.5) is 0 Å². The Hall–Kier alpha value is 0.910. The Morgan fingerprint density at radius 1 is 0.542 bits per heavy atom. The van der Waals surface area contributed by atoms with Gasteiger partial charge in [-0.2, -0.15) is 0 Å². The molecule has 0 spiro atoms. The predicted molar refractivity (Wildman–Crippen MR) is 113 cm³/mol. The van der Waals surface area contributed by atoms with Gasteiger partial charge in [0.1, 0.15) is 0 Å². The van der Waals surface area contributed by atoms with Crippen LogP contribution in [0.1, 0.15) is 93.9 Å². The van der Waals surface area contributed by atoms with Crippen LogP contribution in [0.5, 0.6) is 0 Å². The quantitative estimate of drug-likeness (QED) is 0.442. The molecule has 0 aromatic carbocycles. The second-order valence-corrected chi connectivity index (χ2v) is 18.2. The van der Waals surface area contributed by atoms with Crippen molar-refractivity contribution in [3.8, 4) is 0 Å². The summed E-state index contributed by atoms with van der Waals surface area (Å²) in [4.78, 5) is 6.00. The van der Waals surface area contributed by atoms with E-state index in [-0.39, 0.29) is 0 Å². The van der Waals surface area contributed by atoms with Gasteiger partial charge in [-0.3, -0.25) is 0 Å². The zero-order valence-electron chi connectivity index (χ0n) is 17.2. The van der Waals surface area contributed by atoms with Crippen LogP contribution < -0.4 is 0 Å². The van der Waals surface area contributed by atoms with Crippen molar-refractivity contribution in [3.05, 3.63) is 0 Å². The molecule has 4 aliphatic heterocycles. The monoisotopic (exact) mass is 364 g/mol. The highest BCUT2D eigenvalue weighted by Gasteiger charge is 2.84. The van der Waals surface area contributed by atoms with Crippen molar-refractivity contribution < 1.29 is 0 Å². The Bertz CT molecular complexity index is 461. The summed E-state index contributed by atoms with van der Waals surface area (Å²) < 4.78 is 0. The van der Waals surface area contributed by atoms with Crippen molar-refractivity contribution in [3.63, 3.8) is 0 Å². The first-order valence-electron chi connectivity index (χ1n) is 10.1. The topological polar surface area (TPSA) is 6.48 Å². The first-order valence-corrected chi connectivity index (χ1v) is 13.7. The molecule has 0 saturated carbocycles. The smallest absolute Gasteiger partial charge is 0.275 e. The van der Waals surface area contributed by atoms with Gasteiger partial charge in [0.2, 0.25) is 0 Å². The van der Waals surface area contributed by atoms with E-state index in [1.54, 1.807) is 0 Å². The highest BCUT2D eigenvalue weighted by Crippen LogP contribution is 3.14. The number of piperidine rings is 2. The molecule has 4 heterocycles. The van der Waals surface area contributed by atoms with Crippen molar-refractivity contribution in [2.75, 3.05) is 0 Å². The molecule has 0 aromatic heterocycles. The van der Waals surface area contributed by atoms with E-state index < -0.39 is 0 Å². The van der Waals surface area contributed by atoms with Gasteiger partial charge in [0, 0.05) is 22.2 Å². The molecule has 0 bridgehead atoms. The molecule has 4 aliphatic rings. The molecule has 4 rings (SSSR count). The lowest BCUT2D eigenvalue weighted by atomic mass is 9.76. The Balaban J connectivity index is 1.52. The Kier molecular flexibility index (Phi) is 4.00. The van der Waals surface area contributed by atoms with Crippen molar-refractivity contribution in [2.24, 2.45) is 0 Å². The Labute approximate surface area is 153 Å². The molecule has 0 atom stereocenters. The third kappa shape index (κ3) is 2.61. The van der Waals surface area contributed by atoms with Gasteiger partial charge >= 0.3 is 0 Å². The molecule has 0 N–H and O–H groups in total. The average molecular weight is 364 g/mol. The summed E-state index contributed by atoms with van der Waals surface area (Å²) in [5.41, 5.74) is 1.67. The second kappa shape index (κ2) is 5.25. The van der Waals surface area contributed by atoms with Crippen LogP contribution >= 0.6 is 14.7 Å². The fraction of sp³-hybridized carbons (Fsp3) is 1.00. The minimum Gasteiger partial charge on any atom is -0.325 e. The van der Waals surface area contributed by atoms with Crippen LogP contribution in [-0.4, -0.2) is 44.4 Å². The molecule has 0 unspecified atom stereocenters. The summed E-state index contributed by atoms with van der Waals surface area (Å²) in [5, 5.41) is 0. The third-order valence-corrected chi connectivity index (χ3v) is 15.5. The van der Waals surface area contributed by atoms with Gasteiger partial charge in [0.05, 0.1) is 0 Å². The average Bonchev–Trinajstić information content (AvgIpc) is 3.24. The molecule has 4 saturated heterocycles. The molecule has 0 aromatic rings. The van der Waals surface area contributed by atoms with Crippen molar-refractivity contribution in [1.82, 2.24) is 9.62 Å². The highest BCUT2D eigenvalue weighted by molar-refractivity contribution is 9.15. The summed E-state index contributed by atoms with van der Waals surface area (Å²) in [6, 6.07) is 0. The molecular weight excluding hydrogens is 328 g/mol. The first kappa shape index (κ1) is 18.3. The molecule has 2 nitrogen and oxygen atoms in total. The minimum atomic E-state index is 0.307. The van der Waals surface area contributed by atoms with Crippen LogP contribution in [0.2, 0.25) is 0 Å². The third-order valence-electron chi connectivity index (χ3n) is 7.33. The van der Waals surface area contributed by atoms with E-state index in [0.29, 0.717) is 36.9 Å². The number of hydrogen-bond donors (Lipinski definition) is 0. The number of rotatable bonds is 2. The first-order chi connectivity index (χ1) is 10.9. The summed E-state index contributed by atoms with van der Waals surface area (Å²) in [6.45, 7) is 20.1. The van der Waals surface area contributed by atoms with Crippen molar-refractivity contribution >= 4 is 27.3 Å². The van der Waals surface area contributed by atoms with Crippen molar-refractivity contribution in [1.29, 1.82) is 0 Å². The van der Waals surface area contributed by atoms with Gasteiger partial charge in [0.15, 0.2) is 0 Å². The van der Waals surface area contributed by atoms with E-state index in [1.165, 1.54) is 38.5 Å². The van der Waals surface area contributed by atoms with Crippen molar-refractivity contribution in [2.45, 2.75) is 116 Å². The lowest BCUT2D eigenvalue weighted by Gasteiger charge is -2.57. The van der Waals surface area contributed by atoms with Crippen LogP contribution in [0.3, 0.4) is 0 Å².